The van der Waals surface area contributed by atoms with E-state index in [0.29, 0.717) is 12.1 Å². The van der Waals surface area contributed by atoms with E-state index in [1.54, 1.807) is 36.4 Å². The van der Waals surface area contributed by atoms with Crippen LogP contribution in [0.2, 0.25) is 0 Å². The first kappa shape index (κ1) is 13.4. The fourth-order valence-corrected chi connectivity index (χ4v) is 2.41. The van der Waals surface area contributed by atoms with Gasteiger partial charge in [-0.3, -0.25) is 4.79 Å². The molecule has 1 aliphatic rings. The highest BCUT2D eigenvalue weighted by Crippen LogP contribution is 2.33. The van der Waals surface area contributed by atoms with Gasteiger partial charge >= 0.3 is 5.97 Å². The number of carbonyl (C=O) groups is 2. The van der Waals surface area contributed by atoms with Gasteiger partial charge in [0.2, 0.25) is 5.91 Å². The van der Waals surface area contributed by atoms with Gasteiger partial charge in [0.15, 0.2) is 0 Å². The summed E-state index contributed by atoms with van der Waals surface area (Å²) in [5.41, 5.74) is 1.33. The average Bonchev–Trinajstić information content (AvgIpc) is 3.09. The highest BCUT2D eigenvalue weighted by Gasteiger charge is 2.32. The molecule has 1 amide bonds. The van der Waals surface area contributed by atoms with Gasteiger partial charge in [-0.05, 0) is 18.2 Å². The number of hydrogen-bond acceptors (Lipinski definition) is 4. The molecule has 108 valence electrons. The van der Waals surface area contributed by atoms with E-state index in [4.69, 9.17) is 9.15 Å². The Balaban J connectivity index is 1.67. The molecular formula is C16H15NO4. The second kappa shape index (κ2) is 5.44. The fourth-order valence-electron chi connectivity index (χ4n) is 2.41. The van der Waals surface area contributed by atoms with Gasteiger partial charge in [-0.25, -0.2) is 4.79 Å². The van der Waals surface area contributed by atoms with E-state index in [9.17, 15) is 9.59 Å². The van der Waals surface area contributed by atoms with Crippen LogP contribution in [0.3, 0.4) is 0 Å². The summed E-state index contributed by atoms with van der Waals surface area (Å²) in [7, 11) is 1.70. The maximum atomic E-state index is 12.2. The zero-order valence-electron chi connectivity index (χ0n) is 11.6. The third kappa shape index (κ3) is 2.67. The molecule has 0 saturated heterocycles. The molecule has 1 aromatic carbocycles. The third-order valence-electron chi connectivity index (χ3n) is 3.54. The van der Waals surface area contributed by atoms with E-state index in [0.717, 1.165) is 11.3 Å². The maximum absolute atomic E-state index is 12.2. The van der Waals surface area contributed by atoms with Gasteiger partial charge in [0.1, 0.15) is 11.9 Å². The molecule has 5 nitrogen and oxygen atoms in total. The van der Waals surface area contributed by atoms with Gasteiger partial charge in [0.05, 0.1) is 24.8 Å². The zero-order chi connectivity index (χ0) is 14.8. The molecule has 1 unspecified atom stereocenters. The van der Waals surface area contributed by atoms with Crippen LogP contribution in [0.1, 0.15) is 34.2 Å². The molecular weight excluding hydrogens is 270 g/mol. The molecule has 1 aliphatic heterocycles. The molecule has 21 heavy (non-hydrogen) atoms. The number of ether oxygens (including phenoxy) is 1. The first-order valence-electron chi connectivity index (χ1n) is 6.71. The Morgan fingerprint density at radius 3 is 2.81 bits per heavy atom. The average molecular weight is 285 g/mol. The number of fused-ring (bicyclic) bond motifs is 1. The number of furan rings is 1. The lowest BCUT2D eigenvalue weighted by molar-refractivity contribution is -0.132. The predicted octanol–water partition coefficient (Wildman–Crippen LogP) is 2.54. The highest BCUT2D eigenvalue weighted by molar-refractivity contribution is 5.94. The Hall–Kier alpha value is -2.56. The number of esters is 1. The molecule has 2 heterocycles. The summed E-state index contributed by atoms with van der Waals surface area (Å²) in [5.74, 6) is 0.257. The fraction of sp³-hybridized carbons (Fsp3) is 0.250. The van der Waals surface area contributed by atoms with Crippen molar-refractivity contribution in [2.45, 2.75) is 19.1 Å². The molecule has 3 rings (SSSR count). The summed E-state index contributed by atoms with van der Waals surface area (Å²) in [5, 5.41) is 0. The summed E-state index contributed by atoms with van der Waals surface area (Å²) in [6, 6.07) is 10.8. The van der Waals surface area contributed by atoms with E-state index in [-0.39, 0.29) is 18.3 Å². The lowest BCUT2D eigenvalue weighted by Crippen LogP contribution is -2.27. The largest absolute Gasteiger partial charge is 0.467 e. The predicted molar refractivity (Wildman–Crippen MR) is 74.4 cm³/mol. The number of carbonyl (C=O) groups excluding carboxylic acids is 2. The van der Waals surface area contributed by atoms with Crippen LogP contribution in [0, 0.1) is 0 Å². The first-order chi connectivity index (χ1) is 10.1. The number of amides is 1. The highest BCUT2D eigenvalue weighted by atomic mass is 16.5. The van der Waals surface area contributed by atoms with E-state index in [2.05, 4.69) is 0 Å². The molecule has 0 aliphatic carbocycles. The number of nitrogens with zero attached hydrogens (tertiary/aromatic N) is 1. The van der Waals surface area contributed by atoms with Crippen molar-refractivity contribution >= 4 is 11.9 Å². The van der Waals surface area contributed by atoms with Gasteiger partial charge in [0, 0.05) is 12.6 Å². The third-order valence-corrected chi connectivity index (χ3v) is 3.54. The van der Waals surface area contributed by atoms with Crippen molar-refractivity contribution in [3.05, 3.63) is 59.5 Å². The van der Waals surface area contributed by atoms with Gasteiger partial charge in [-0.1, -0.05) is 18.2 Å². The SMILES string of the molecule is CN(Cc1ccco1)C(=O)CC1OC(=O)c2ccccc21. The Morgan fingerprint density at radius 1 is 1.24 bits per heavy atom. The maximum Gasteiger partial charge on any atom is 0.339 e. The summed E-state index contributed by atoms with van der Waals surface area (Å²) < 4.78 is 10.5. The van der Waals surface area contributed by atoms with Crippen molar-refractivity contribution in [2.75, 3.05) is 7.05 Å². The molecule has 2 aromatic rings. The number of benzene rings is 1. The van der Waals surface area contributed by atoms with Crippen molar-refractivity contribution in [3.63, 3.8) is 0 Å². The normalized spacial score (nSPS) is 16.4. The molecule has 1 aromatic heterocycles. The molecule has 0 spiro atoms. The van der Waals surface area contributed by atoms with Crippen LogP contribution in [0.25, 0.3) is 0 Å². The molecule has 0 bridgehead atoms. The lowest BCUT2D eigenvalue weighted by atomic mass is 10.0. The van der Waals surface area contributed by atoms with E-state index in [1.165, 1.54) is 0 Å². The van der Waals surface area contributed by atoms with E-state index < -0.39 is 6.10 Å². The Morgan fingerprint density at radius 2 is 2.05 bits per heavy atom. The van der Waals surface area contributed by atoms with Crippen molar-refractivity contribution in [1.82, 2.24) is 4.90 Å². The number of hydrogen-bond donors (Lipinski definition) is 0. The van der Waals surface area contributed by atoms with E-state index in [1.807, 2.05) is 18.2 Å². The molecule has 0 saturated carbocycles. The summed E-state index contributed by atoms with van der Waals surface area (Å²) in [6.45, 7) is 0.397. The molecule has 0 fully saturated rings. The van der Waals surface area contributed by atoms with Gasteiger partial charge in [-0.2, -0.15) is 0 Å². The quantitative estimate of drug-likeness (QED) is 0.810. The second-order valence-electron chi connectivity index (χ2n) is 5.01. The summed E-state index contributed by atoms with van der Waals surface area (Å²) >= 11 is 0. The van der Waals surface area contributed by atoms with Crippen LogP contribution >= 0.6 is 0 Å². The molecule has 0 radical (unpaired) electrons. The smallest absolute Gasteiger partial charge is 0.339 e. The van der Waals surface area contributed by atoms with E-state index >= 15 is 0 Å². The second-order valence-corrected chi connectivity index (χ2v) is 5.01. The van der Waals surface area contributed by atoms with Crippen LogP contribution in [0.4, 0.5) is 0 Å². The van der Waals surface area contributed by atoms with Crippen LogP contribution in [-0.2, 0) is 16.1 Å². The molecule has 1 atom stereocenters. The van der Waals surface area contributed by atoms with Crippen LogP contribution in [0.5, 0.6) is 0 Å². The monoisotopic (exact) mass is 285 g/mol. The van der Waals surface area contributed by atoms with Crippen molar-refractivity contribution in [2.24, 2.45) is 0 Å². The minimum atomic E-state index is -0.500. The van der Waals surface area contributed by atoms with Gasteiger partial charge < -0.3 is 14.1 Å². The van der Waals surface area contributed by atoms with Crippen LogP contribution < -0.4 is 0 Å². The van der Waals surface area contributed by atoms with Crippen molar-refractivity contribution in [1.29, 1.82) is 0 Å². The molecule has 5 heteroatoms. The minimum absolute atomic E-state index is 0.0964. The van der Waals surface area contributed by atoms with Crippen molar-refractivity contribution in [3.8, 4) is 0 Å². The first-order valence-corrected chi connectivity index (χ1v) is 6.71. The lowest BCUT2D eigenvalue weighted by Gasteiger charge is -2.18. The zero-order valence-corrected chi connectivity index (χ0v) is 11.6. The molecule has 0 N–H and O–H groups in total. The van der Waals surface area contributed by atoms with Gasteiger partial charge in [-0.15, -0.1) is 0 Å². The Labute approximate surface area is 122 Å². The van der Waals surface area contributed by atoms with Crippen LogP contribution in [0.15, 0.2) is 47.1 Å². The topological polar surface area (TPSA) is 59.8 Å². The Kier molecular flexibility index (Phi) is 3.48. The van der Waals surface area contributed by atoms with Crippen LogP contribution in [-0.4, -0.2) is 23.8 Å². The summed E-state index contributed by atoms with van der Waals surface area (Å²) in [6.07, 6.45) is 1.21. The van der Waals surface area contributed by atoms with Gasteiger partial charge in [0.25, 0.3) is 0 Å². The summed E-state index contributed by atoms with van der Waals surface area (Å²) in [4.78, 5) is 25.5. The standard InChI is InChI=1S/C16H15NO4/c1-17(10-11-5-4-8-20-11)15(18)9-14-12-6-2-3-7-13(12)16(19)21-14/h2-8,14H,9-10H2,1H3. The minimum Gasteiger partial charge on any atom is -0.467 e. The Bertz CT molecular complexity index is 663. The van der Waals surface area contributed by atoms with Crippen molar-refractivity contribution < 1.29 is 18.7 Å². The number of rotatable bonds is 4. The number of cyclic esters (lactones) is 1.